The summed E-state index contributed by atoms with van der Waals surface area (Å²) >= 11 is 0. The van der Waals surface area contributed by atoms with Crippen molar-refractivity contribution in [2.75, 3.05) is 0 Å². The van der Waals surface area contributed by atoms with Crippen LogP contribution in [0.25, 0.3) is 0 Å². The fourth-order valence-electron chi connectivity index (χ4n) is 2.30. The van der Waals surface area contributed by atoms with Crippen LogP contribution in [0.15, 0.2) is 108 Å². The predicted molar refractivity (Wildman–Crippen MR) is 106 cm³/mol. The lowest BCUT2D eigenvalue weighted by Crippen LogP contribution is -2.12. The fraction of sp³-hybridized carbons (Fsp3) is 0.0870. The zero-order valence-electron chi connectivity index (χ0n) is 14.7. The van der Waals surface area contributed by atoms with E-state index in [1.165, 1.54) is 0 Å². The number of benzene rings is 3. The van der Waals surface area contributed by atoms with Gasteiger partial charge in [0.15, 0.2) is 0 Å². The Balaban J connectivity index is 1.91. The van der Waals surface area contributed by atoms with Crippen LogP contribution in [0.5, 0.6) is 11.5 Å². The monoisotopic (exact) mass is 343 g/mol. The van der Waals surface area contributed by atoms with E-state index in [2.05, 4.69) is 11.9 Å². The number of hydrogen-bond donors (Lipinski definition) is 0. The molecular formula is C23H21NO2. The third kappa shape index (κ3) is 5.08. The maximum Gasteiger partial charge on any atom is 0.226 e. The van der Waals surface area contributed by atoms with E-state index in [-0.39, 0.29) is 0 Å². The summed E-state index contributed by atoms with van der Waals surface area (Å²) in [5.74, 6) is 2.04. The Morgan fingerprint density at radius 2 is 1.31 bits per heavy atom. The molecule has 0 aliphatic rings. The van der Waals surface area contributed by atoms with Crippen LogP contribution in [0.3, 0.4) is 0 Å². The predicted octanol–water partition coefficient (Wildman–Crippen LogP) is 6.17. The molecule has 0 amide bonds. The Morgan fingerprint density at radius 3 is 1.88 bits per heavy atom. The van der Waals surface area contributed by atoms with Crippen LogP contribution in [0, 0.1) is 0 Å². The molecule has 0 saturated carbocycles. The number of hydrogen-bond acceptors (Lipinski definition) is 3. The highest BCUT2D eigenvalue weighted by Crippen LogP contribution is 2.19. The van der Waals surface area contributed by atoms with Gasteiger partial charge >= 0.3 is 0 Å². The minimum absolute atomic E-state index is 0.529. The highest BCUT2D eigenvalue weighted by Gasteiger charge is 2.10. The summed E-state index contributed by atoms with van der Waals surface area (Å²) in [4.78, 5) is 4.68. The average Bonchev–Trinajstić information content (AvgIpc) is 2.71. The molecular weight excluding hydrogens is 322 g/mol. The molecule has 0 radical (unpaired) electrons. The Bertz CT molecular complexity index is 856. The Kier molecular flexibility index (Phi) is 6.21. The van der Waals surface area contributed by atoms with E-state index < -0.39 is 0 Å². The van der Waals surface area contributed by atoms with Crippen LogP contribution in [0.4, 0.5) is 5.69 Å². The number of para-hydroxylation sites is 3. The molecule has 0 aliphatic heterocycles. The fourth-order valence-corrected chi connectivity index (χ4v) is 2.30. The first-order valence-electron chi connectivity index (χ1n) is 8.63. The van der Waals surface area contributed by atoms with Gasteiger partial charge in [-0.3, -0.25) is 0 Å². The third-order valence-electron chi connectivity index (χ3n) is 3.68. The van der Waals surface area contributed by atoms with Gasteiger partial charge in [-0.1, -0.05) is 61.5 Å². The van der Waals surface area contributed by atoms with E-state index in [1.807, 2.05) is 91.0 Å². The van der Waals surface area contributed by atoms with Crippen molar-refractivity contribution in [3.05, 3.63) is 103 Å². The lowest BCUT2D eigenvalue weighted by atomic mass is 10.2. The van der Waals surface area contributed by atoms with Crippen LogP contribution in [0.1, 0.15) is 13.3 Å². The quantitative estimate of drug-likeness (QED) is 0.304. The zero-order valence-corrected chi connectivity index (χ0v) is 14.7. The zero-order chi connectivity index (χ0) is 18.0. The molecule has 0 saturated heterocycles. The summed E-state index contributed by atoms with van der Waals surface area (Å²) in [5.41, 5.74) is 1.71. The summed E-state index contributed by atoms with van der Waals surface area (Å²) in [7, 11) is 0. The molecule has 0 aromatic heterocycles. The highest BCUT2D eigenvalue weighted by atomic mass is 16.5. The molecule has 130 valence electrons. The van der Waals surface area contributed by atoms with Gasteiger partial charge < -0.3 is 9.47 Å². The van der Waals surface area contributed by atoms with Crippen molar-refractivity contribution < 1.29 is 9.47 Å². The lowest BCUT2D eigenvalue weighted by Gasteiger charge is -2.12. The number of rotatable bonds is 6. The van der Waals surface area contributed by atoms with Gasteiger partial charge in [0.1, 0.15) is 11.5 Å². The van der Waals surface area contributed by atoms with Gasteiger partial charge in [-0.05, 0) is 42.8 Å². The van der Waals surface area contributed by atoms with E-state index in [4.69, 9.17) is 9.47 Å². The van der Waals surface area contributed by atoms with E-state index in [0.717, 1.165) is 29.2 Å². The molecule has 0 bridgehead atoms. The van der Waals surface area contributed by atoms with Gasteiger partial charge in [-0.15, -0.1) is 0 Å². The molecule has 26 heavy (non-hydrogen) atoms. The highest BCUT2D eigenvalue weighted by molar-refractivity contribution is 5.96. The minimum atomic E-state index is 0.529. The van der Waals surface area contributed by atoms with Crippen molar-refractivity contribution in [3.8, 4) is 11.5 Å². The van der Waals surface area contributed by atoms with Crippen LogP contribution < -0.4 is 9.47 Å². The summed E-state index contributed by atoms with van der Waals surface area (Å²) in [6.07, 6.45) is 2.44. The number of nitrogens with zero attached hydrogens (tertiary/aromatic N) is 1. The maximum atomic E-state index is 6.06. The lowest BCUT2D eigenvalue weighted by molar-refractivity contribution is 0.471. The van der Waals surface area contributed by atoms with Crippen molar-refractivity contribution in [2.24, 2.45) is 4.99 Å². The van der Waals surface area contributed by atoms with E-state index in [0.29, 0.717) is 5.90 Å². The first-order chi connectivity index (χ1) is 12.8. The topological polar surface area (TPSA) is 30.8 Å². The van der Waals surface area contributed by atoms with Crippen LogP contribution >= 0.6 is 0 Å². The summed E-state index contributed by atoms with van der Waals surface area (Å²) in [5, 5.41) is 0. The number of ether oxygens (including phenoxy) is 2. The van der Waals surface area contributed by atoms with Crippen molar-refractivity contribution in [1.29, 1.82) is 0 Å². The van der Waals surface area contributed by atoms with Gasteiger partial charge in [0, 0.05) is 5.57 Å². The minimum Gasteiger partial charge on any atom is -0.465 e. The van der Waals surface area contributed by atoms with Gasteiger partial charge in [0.05, 0.1) is 11.9 Å². The Morgan fingerprint density at radius 1 is 0.769 bits per heavy atom. The van der Waals surface area contributed by atoms with Gasteiger partial charge in [-0.2, -0.15) is 0 Å². The van der Waals surface area contributed by atoms with Crippen LogP contribution in [-0.2, 0) is 0 Å². The molecule has 0 aliphatic carbocycles. The van der Waals surface area contributed by atoms with Crippen LogP contribution in [-0.4, -0.2) is 5.90 Å². The van der Waals surface area contributed by atoms with Crippen LogP contribution in [0.2, 0.25) is 0 Å². The molecule has 0 atom stereocenters. The van der Waals surface area contributed by atoms with Gasteiger partial charge in [0.2, 0.25) is 5.90 Å². The van der Waals surface area contributed by atoms with Crippen molar-refractivity contribution in [3.63, 3.8) is 0 Å². The normalized spacial score (nSPS) is 11.9. The summed E-state index contributed by atoms with van der Waals surface area (Å²) in [6.45, 7) is 2.05. The molecule has 0 fully saturated rings. The Labute approximate surface area is 154 Å². The smallest absolute Gasteiger partial charge is 0.226 e. The van der Waals surface area contributed by atoms with Crippen molar-refractivity contribution >= 4 is 11.6 Å². The molecule has 3 aromatic carbocycles. The second-order valence-electron chi connectivity index (χ2n) is 5.60. The maximum absolute atomic E-state index is 6.06. The van der Waals surface area contributed by atoms with Gasteiger partial charge in [0.25, 0.3) is 0 Å². The molecule has 0 N–H and O–H groups in total. The molecule has 3 heteroatoms. The van der Waals surface area contributed by atoms with E-state index in [1.54, 1.807) is 6.26 Å². The first kappa shape index (κ1) is 17.5. The summed E-state index contributed by atoms with van der Waals surface area (Å²) in [6, 6.07) is 29.1. The average molecular weight is 343 g/mol. The Hall–Kier alpha value is -3.33. The van der Waals surface area contributed by atoms with Crippen molar-refractivity contribution in [1.82, 2.24) is 0 Å². The standard InChI is InChI=1S/C23H21NO2/c1-2-19(18-25-21-14-8-4-9-15-21)23(24-20-12-6-3-7-13-20)26-22-16-10-5-11-17-22/h3-18H,2H2,1H3/b19-18+,24-23-. The molecule has 0 unspecified atom stereocenters. The summed E-state index contributed by atoms with van der Waals surface area (Å²) < 4.78 is 11.9. The van der Waals surface area contributed by atoms with E-state index >= 15 is 0 Å². The molecule has 0 spiro atoms. The second kappa shape index (κ2) is 9.23. The van der Waals surface area contributed by atoms with Crippen molar-refractivity contribution in [2.45, 2.75) is 13.3 Å². The molecule has 0 heterocycles. The molecule has 3 rings (SSSR count). The largest absolute Gasteiger partial charge is 0.465 e. The second-order valence-corrected chi connectivity index (χ2v) is 5.60. The molecule has 3 aromatic rings. The molecule has 3 nitrogen and oxygen atoms in total. The van der Waals surface area contributed by atoms with E-state index in [9.17, 15) is 0 Å². The SMILES string of the molecule is CCC(=C\Oc1ccccc1)/C(=N/c1ccccc1)Oc1ccccc1. The number of aliphatic imine (C=N–C) groups is 1. The first-order valence-corrected chi connectivity index (χ1v) is 8.63. The van der Waals surface area contributed by atoms with Gasteiger partial charge in [-0.25, -0.2) is 4.99 Å². The third-order valence-corrected chi connectivity index (χ3v) is 3.68.